The maximum atomic E-state index is 8.42. The van der Waals surface area contributed by atoms with Gasteiger partial charge in [0.25, 0.3) is 0 Å². The highest BCUT2D eigenvalue weighted by Gasteiger charge is 2.18. The van der Waals surface area contributed by atoms with Gasteiger partial charge in [0.2, 0.25) is 0 Å². The summed E-state index contributed by atoms with van der Waals surface area (Å²) in [6, 6.07) is 2.20. The molecule has 0 fully saturated rings. The fourth-order valence-electron chi connectivity index (χ4n) is 0.194. The van der Waals surface area contributed by atoms with Crippen molar-refractivity contribution < 1.29 is 0 Å². The summed E-state index contributed by atoms with van der Waals surface area (Å²) in [5.41, 5.74) is 0.148. The van der Waals surface area contributed by atoms with Crippen molar-refractivity contribution in [2.24, 2.45) is 11.3 Å². The molecule has 0 saturated carbocycles. The Morgan fingerprint density at radius 2 is 1.75 bits per heavy atom. The smallest absolute Gasteiger partial charge is 0.0658 e. The van der Waals surface area contributed by atoms with Crippen molar-refractivity contribution in [3.8, 4) is 6.07 Å². The first kappa shape index (κ1) is 7.49. The molecule has 1 atom stereocenters. The van der Waals surface area contributed by atoms with Crippen LogP contribution in [0.4, 0.5) is 0 Å². The summed E-state index contributed by atoms with van der Waals surface area (Å²) in [5, 5.41) is 8.42. The zero-order valence-electron chi connectivity index (χ0n) is 6.02. The summed E-state index contributed by atoms with van der Waals surface area (Å²) < 4.78 is 0. The topological polar surface area (TPSA) is 23.8 Å². The highest BCUT2D eigenvalue weighted by Crippen LogP contribution is 2.23. The number of nitrogens with zero attached hydrogens (tertiary/aromatic N) is 1. The second-order valence-electron chi connectivity index (χ2n) is 3.22. The van der Waals surface area contributed by atoms with Gasteiger partial charge in [-0.1, -0.05) is 20.8 Å². The number of hydrogen-bond donors (Lipinski definition) is 0. The number of nitriles is 1. The molecule has 0 aliphatic carbocycles. The standard InChI is InChI=1S/C7H13N/c1-6(5-8)7(2,3)4/h6H,1-4H3/t6-/m1/s1. The van der Waals surface area contributed by atoms with E-state index in [9.17, 15) is 0 Å². The van der Waals surface area contributed by atoms with Gasteiger partial charge in [0, 0.05) is 5.92 Å². The van der Waals surface area contributed by atoms with Gasteiger partial charge in [-0.15, -0.1) is 0 Å². The molecule has 0 N–H and O–H groups in total. The van der Waals surface area contributed by atoms with Crippen LogP contribution < -0.4 is 0 Å². The van der Waals surface area contributed by atoms with Crippen molar-refractivity contribution >= 4 is 0 Å². The van der Waals surface area contributed by atoms with E-state index in [0.29, 0.717) is 0 Å². The summed E-state index contributed by atoms with van der Waals surface area (Å²) in [4.78, 5) is 0. The van der Waals surface area contributed by atoms with Gasteiger partial charge in [-0.25, -0.2) is 0 Å². The third-order valence-electron chi connectivity index (χ3n) is 1.49. The second-order valence-corrected chi connectivity index (χ2v) is 3.22. The molecule has 0 bridgehead atoms. The van der Waals surface area contributed by atoms with Crippen LogP contribution in [0, 0.1) is 22.7 Å². The van der Waals surface area contributed by atoms with E-state index in [4.69, 9.17) is 5.26 Å². The first-order valence-electron chi connectivity index (χ1n) is 2.88. The van der Waals surface area contributed by atoms with Crippen molar-refractivity contribution in [1.29, 1.82) is 5.26 Å². The van der Waals surface area contributed by atoms with E-state index in [1.807, 2.05) is 6.92 Å². The molecule has 0 rings (SSSR count). The average Bonchev–Trinajstić information content (AvgIpc) is 1.62. The fourth-order valence-corrected chi connectivity index (χ4v) is 0.194. The van der Waals surface area contributed by atoms with E-state index < -0.39 is 0 Å². The normalized spacial score (nSPS) is 14.9. The molecule has 1 heteroatoms. The van der Waals surface area contributed by atoms with Crippen molar-refractivity contribution in [2.45, 2.75) is 27.7 Å². The minimum atomic E-state index is 0.148. The molecule has 0 amide bonds. The van der Waals surface area contributed by atoms with Gasteiger partial charge in [-0.3, -0.25) is 0 Å². The maximum absolute atomic E-state index is 8.42. The molecule has 0 aromatic heterocycles. The van der Waals surface area contributed by atoms with Crippen molar-refractivity contribution in [3.05, 3.63) is 0 Å². The lowest BCUT2D eigenvalue weighted by Gasteiger charge is -2.19. The van der Waals surface area contributed by atoms with Gasteiger partial charge < -0.3 is 0 Å². The van der Waals surface area contributed by atoms with Crippen molar-refractivity contribution in [2.75, 3.05) is 0 Å². The summed E-state index contributed by atoms with van der Waals surface area (Å²) in [6.45, 7) is 8.16. The average molecular weight is 111 g/mol. The Labute approximate surface area is 51.3 Å². The lowest BCUT2D eigenvalue weighted by atomic mass is 9.83. The lowest BCUT2D eigenvalue weighted by molar-refractivity contribution is 0.322. The van der Waals surface area contributed by atoms with E-state index in [2.05, 4.69) is 26.8 Å². The summed E-state index contributed by atoms with van der Waals surface area (Å²) in [7, 11) is 0. The molecule has 0 aromatic rings. The molecule has 0 radical (unpaired) electrons. The third kappa shape index (κ3) is 1.97. The zero-order chi connectivity index (χ0) is 6.78. The van der Waals surface area contributed by atoms with E-state index >= 15 is 0 Å². The Hall–Kier alpha value is -0.510. The Bertz CT molecular complexity index is 103. The largest absolute Gasteiger partial charge is 0.198 e. The molecule has 46 valence electrons. The minimum absolute atomic E-state index is 0.148. The first-order chi connectivity index (χ1) is 3.48. The predicted octanol–water partition coefficient (Wildman–Crippen LogP) is 2.19. The Balaban J connectivity index is 3.87. The molecule has 0 unspecified atom stereocenters. The van der Waals surface area contributed by atoms with Crippen molar-refractivity contribution in [1.82, 2.24) is 0 Å². The van der Waals surface area contributed by atoms with Gasteiger partial charge in [0.15, 0.2) is 0 Å². The highest BCUT2D eigenvalue weighted by molar-refractivity contribution is 4.87. The molecule has 1 nitrogen and oxygen atoms in total. The van der Waals surface area contributed by atoms with Crippen molar-refractivity contribution in [3.63, 3.8) is 0 Å². The Morgan fingerprint density at radius 1 is 1.38 bits per heavy atom. The second kappa shape index (κ2) is 2.17. The lowest BCUT2D eigenvalue weighted by Crippen LogP contribution is -2.14. The minimum Gasteiger partial charge on any atom is -0.198 e. The van der Waals surface area contributed by atoms with Gasteiger partial charge in [-0.2, -0.15) is 5.26 Å². The van der Waals surface area contributed by atoms with E-state index in [-0.39, 0.29) is 11.3 Å². The predicted molar refractivity (Wildman–Crippen MR) is 34.2 cm³/mol. The third-order valence-corrected chi connectivity index (χ3v) is 1.49. The van der Waals surface area contributed by atoms with Crippen LogP contribution in [0.15, 0.2) is 0 Å². The van der Waals surface area contributed by atoms with E-state index in [1.54, 1.807) is 0 Å². The number of hydrogen-bond acceptors (Lipinski definition) is 1. The van der Waals surface area contributed by atoms with Crippen LogP contribution >= 0.6 is 0 Å². The van der Waals surface area contributed by atoms with Crippen LogP contribution in [0.1, 0.15) is 27.7 Å². The van der Waals surface area contributed by atoms with E-state index in [1.165, 1.54) is 0 Å². The molecule has 0 aliphatic rings. The van der Waals surface area contributed by atoms with Crippen LogP contribution in [-0.4, -0.2) is 0 Å². The molecule has 0 aromatic carbocycles. The van der Waals surface area contributed by atoms with Crippen LogP contribution in [0.25, 0.3) is 0 Å². The zero-order valence-corrected chi connectivity index (χ0v) is 6.02. The van der Waals surface area contributed by atoms with Gasteiger partial charge >= 0.3 is 0 Å². The van der Waals surface area contributed by atoms with Gasteiger partial charge in [-0.05, 0) is 12.3 Å². The molecule has 8 heavy (non-hydrogen) atoms. The fraction of sp³-hybridized carbons (Fsp3) is 0.857. The van der Waals surface area contributed by atoms with Gasteiger partial charge in [0.1, 0.15) is 0 Å². The molecule has 0 spiro atoms. The van der Waals surface area contributed by atoms with Crippen LogP contribution in [-0.2, 0) is 0 Å². The monoisotopic (exact) mass is 111 g/mol. The maximum Gasteiger partial charge on any atom is 0.0658 e. The summed E-state index contributed by atoms with van der Waals surface area (Å²) >= 11 is 0. The number of rotatable bonds is 0. The van der Waals surface area contributed by atoms with Crippen LogP contribution in [0.2, 0.25) is 0 Å². The first-order valence-corrected chi connectivity index (χ1v) is 2.88. The molecular formula is C7H13N. The van der Waals surface area contributed by atoms with Gasteiger partial charge in [0.05, 0.1) is 6.07 Å². The molecule has 0 saturated heterocycles. The summed E-state index contributed by atoms with van der Waals surface area (Å²) in [6.07, 6.45) is 0. The molecular weight excluding hydrogens is 98.1 g/mol. The van der Waals surface area contributed by atoms with E-state index in [0.717, 1.165) is 0 Å². The summed E-state index contributed by atoms with van der Waals surface area (Å²) in [5.74, 6) is 0.155. The SMILES string of the molecule is C[C@H](C#N)C(C)(C)C. The van der Waals surface area contributed by atoms with Crippen LogP contribution in [0.3, 0.4) is 0 Å². The molecule has 0 heterocycles. The quantitative estimate of drug-likeness (QED) is 0.470. The molecule has 0 aliphatic heterocycles. The Morgan fingerprint density at radius 3 is 1.75 bits per heavy atom. The highest BCUT2D eigenvalue weighted by atomic mass is 14.3. The Kier molecular flexibility index (Phi) is 2.03. The van der Waals surface area contributed by atoms with Crippen LogP contribution in [0.5, 0.6) is 0 Å².